The van der Waals surface area contributed by atoms with Crippen LogP contribution in [0.2, 0.25) is 0 Å². The molecule has 0 atom stereocenters. The van der Waals surface area contributed by atoms with Gasteiger partial charge in [-0.15, -0.1) is 0 Å². The Morgan fingerprint density at radius 2 is 2.05 bits per heavy atom. The Labute approximate surface area is 131 Å². The minimum absolute atomic E-state index is 0.258. The first-order chi connectivity index (χ1) is 10.7. The lowest BCUT2D eigenvalue weighted by Gasteiger charge is -2.23. The van der Waals surface area contributed by atoms with Gasteiger partial charge in [0, 0.05) is 31.4 Å². The number of carbonyl (C=O) groups is 1. The largest absolute Gasteiger partial charge is 0.491 e. The summed E-state index contributed by atoms with van der Waals surface area (Å²) in [6, 6.07) is 3.85. The Morgan fingerprint density at radius 3 is 2.73 bits per heavy atom. The van der Waals surface area contributed by atoms with Gasteiger partial charge >= 0.3 is 0 Å². The number of hydrogen-bond acceptors (Lipinski definition) is 5. The molecule has 0 unspecified atom stereocenters. The summed E-state index contributed by atoms with van der Waals surface area (Å²) in [6.45, 7) is 8.93. The summed E-state index contributed by atoms with van der Waals surface area (Å²) >= 11 is 0. The lowest BCUT2D eigenvalue weighted by atomic mass is 10.2. The number of ether oxygens (including phenoxy) is 2. The molecule has 0 fully saturated rings. The normalized spacial score (nSPS) is 14.1. The lowest BCUT2D eigenvalue weighted by molar-refractivity contribution is -0.122. The molecule has 1 aromatic rings. The highest BCUT2D eigenvalue weighted by molar-refractivity contribution is 5.91. The average Bonchev–Trinajstić information content (AvgIpc) is 2.55. The van der Waals surface area contributed by atoms with Gasteiger partial charge in [0.05, 0.1) is 0 Å². The number of rotatable bonds is 6. The predicted octanol–water partition coefficient (Wildman–Crippen LogP) is 1.82. The number of nitrogens with zero attached hydrogens (tertiary/aromatic N) is 2. The molecule has 6 heteroatoms. The van der Waals surface area contributed by atoms with E-state index in [1.165, 1.54) is 0 Å². The third-order valence-corrected chi connectivity index (χ3v) is 3.54. The number of carbonyl (C=O) groups excluding carboxylic acids is 1. The molecule has 0 spiro atoms. The summed E-state index contributed by atoms with van der Waals surface area (Å²) in [5, 5.41) is 2.87. The highest BCUT2D eigenvalue weighted by Gasteiger charge is 2.20. The third kappa shape index (κ3) is 3.69. The van der Waals surface area contributed by atoms with Crippen molar-refractivity contribution < 1.29 is 14.3 Å². The van der Waals surface area contributed by atoms with E-state index in [-0.39, 0.29) is 11.7 Å². The molecule has 22 heavy (non-hydrogen) atoms. The van der Waals surface area contributed by atoms with Gasteiger partial charge in [0.15, 0.2) is 0 Å². The van der Waals surface area contributed by atoms with E-state index in [9.17, 15) is 4.79 Å². The van der Waals surface area contributed by atoms with Gasteiger partial charge in [0.25, 0.3) is 5.91 Å². The van der Waals surface area contributed by atoms with E-state index in [1.54, 1.807) is 13.1 Å². The number of allylic oxidation sites excluding steroid dienone is 1. The molecule has 2 rings (SSSR count). The Bertz CT molecular complexity index is 553. The highest BCUT2D eigenvalue weighted by Crippen LogP contribution is 2.17. The Balaban J connectivity index is 2.07. The minimum Gasteiger partial charge on any atom is -0.491 e. The van der Waals surface area contributed by atoms with Crippen molar-refractivity contribution in [3.63, 3.8) is 0 Å². The first kappa shape index (κ1) is 16.1. The van der Waals surface area contributed by atoms with Crippen molar-refractivity contribution in [2.75, 3.05) is 31.2 Å². The third-order valence-electron chi connectivity index (χ3n) is 3.54. The zero-order chi connectivity index (χ0) is 15.9. The molecule has 0 bridgehead atoms. The summed E-state index contributed by atoms with van der Waals surface area (Å²) in [5.41, 5.74) is 0.981. The number of aromatic nitrogens is 1. The van der Waals surface area contributed by atoms with Gasteiger partial charge in [-0.25, -0.2) is 4.98 Å². The summed E-state index contributed by atoms with van der Waals surface area (Å²) < 4.78 is 10.7. The zero-order valence-corrected chi connectivity index (χ0v) is 13.4. The van der Waals surface area contributed by atoms with Crippen molar-refractivity contribution in [1.29, 1.82) is 0 Å². The second-order valence-electron chi connectivity index (χ2n) is 4.92. The Hall–Kier alpha value is -2.24. The van der Waals surface area contributed by atoms with E-state index in [0.29, 0.717) is 25.5 Å². The quantitative estimate of drug-likeness (QED) is 0.868. The fourth-order valence-electron chi connectivity index (χ4n) is 2.36. The van der Waals surface area contributed by atoms with Crippen LogP contribution in [0.25, 0.3) is 0 Å². The standard InChI is InChI=1S/C16H23N3O3/c1-4-19(5-2)15-13(7-6-8-17-15)11-18-16(20)14-12(3)21-9-10-22-14/h6-8H,4-5,9-11H2,1-3H3,(H,18,20). The minimum atomic E-state index is -0.258. The van der Waals surface area contributed by atoms with Crippen molar-refractivity contribution in [2.45, 2.75) is 27.3 Å². The SMILES string of the molecule is CCN(CC)c1ncccc1CNC(=O)C1=C(C)OCCO1. The van der Waals surface area contributed by atoms with Crippen LogP contribution < -0.4 is 10.2 Å². The molecule has 0 aromatic carbocycles. The molecule has 1 aromatic heterocycles. The summed E-state index contributed by atoms with van der Waals surface area (Å²) in [7, 11) is 0. The molecule has 6 nitrogen and oxygen atoms in total. The first-order valence-electron chi connectivity index (χ1n) is 7.60. The first-order valence-corrected chi connectivity index (χ1v) is 7.60. The molecule has 0 radical (unpaired) electrons. The molecule has 1 N–H and O–H groups in total. The number of anilines is 1. The number of nitrogens with one attached hydrogen (secondary N) is 1. The molecule has 0 aliphatic carbocycles. The molecule has 0 saturated heterocycles. The molecular formula is C16H23N3O3. The van der Waals surface area contributed by atoms with Crippen molar-refractivity contribution in [2.24, 2.45) is 0 Å². The topological polar surface area (TPSA) is 63.7 Å². The fourth-order valence-corrected chi connectivity index (χ4v) is 2.36. The van der Waals surface area contributed by atoms with Crippen LogP contribution in [-0.4, -0.2) is 37.2 Å². The van der Waals surface area contributed by atoms with Gasteiger partial charge in [-0.05, 0) is 26.8 Å². The highest BCUT2D eigenvalue weighted by atomic mass is 16.6. The molecule has 1 aliphatic heterocycles. The van der Waals surface area contributed by atoms with Gasteiger partial charge in [0.2, 0.25) is 5.76 Å². The van der Waals surface area contributed by atoms with Crippen LogP contribution in [0.1, 0.15) is 26.3 Å². The van der Waals surface area contributed by atoms with Crippen LogP contribution in [0, 0.1) is 0 Å². The van der Waals surface area contributed by atoms with Crippen molar-refractivity contribution >= 4 is 11.7 Å². The smallest absolute Gasteiger partial charge is 0.290 e. The second-order valence-corrected chi connectivity index (χ2v) is 4.92. The molecule has 2 heterocycles. The van der Waals surface area contributed by atoms with E-state index >= 15 is 0 Å². The zero-order valence-electron chi connectivity index (χ0n) is 13.4. The van der Waals surface area contributed by atoms with Crippen LogP contribution in [0.5, 0.6) is 0 Å². The molecule has 1 amide bonds. The van der Waals surface area contributed by atoms with Gasteiger partial charge < -0.3 is 19.7 Å². The van der Waals surface area contributed by atoms with Crippen molar-refractivity contribution in [3.8, 4) is 0 Å². The summed E-state index contributed by atoms with van der Waals surface area (Å²) in [4.78, 5) is 18.8. The van der Waals surface area contributed by atoms with Crippen LogP contribution >= 0.6 is 0 Å². The maximum atomic E-state index is 12.2. The second kappa shape index (κ2) is 7.68. The average molecular weight is 305 g/mol. The van der Waals surface area contributed by atoms with Crippen molar-refractivity contribution in [3.05, 3.63) is 35.4 Å². The maximum Gasteiger partial charge on any atom is 0.290 e. The number of amides is 1. The maximum absolute atomic E-state index is 12.2. The molecule has 1 aliphatic rings. The molecule has 0 saturated carbocycles. The van der Waals surface area contributed by atoms with Crippen LogP contribution in [0.3, 0.4) is 0 Å². The summed E-state index contributed by atoms with van der Waals surface area (Å²) in [6.07, 6.45) is 1.77. The number of pyridine rings is 1. The van der Waals surface area contributed by atoms with Crippen LogP contribution in [0.4, 0.5) is 5.82 Å². The Kier molecular flexibility index (Phi) is 5.63. The van der Waals surface area contributed by atoms with Gasteiger partial charge in [-0.2, -0.15) is 0 Å². The monoisotopic (exact) mass is 305 g/mol. The fraction of sp³-hybridized carbons (Fsp3) is 0.500. The van der Waals surface area contributed by atoms with Crippen LogP contribution in [-0.2, 0) is 20.8 Å². The molecular weight excluding hydrogens is 282 g/mol. The van der Waals surface area contributed by atoms with E-state index in [2.05, 4.69) is 29.0 Å². The lowest BCUT2D eigenvalue weighted by Crippen LogP contribution is -2.31. The van der Waals surface area contributed by atoms with Gasteiger partial charge in [-0.1, -0.05) is 6.07 Å². The van der Waals surface area contributed by atoms with E-state index in [4.69, 9.17) is 9.47 Å². The van der Waals surface area contributed by atoms with E-state index in [1.807, 2.05) is 12.1 Å². The number of hydrogen-bond donors (Lipinski definition) is 1. The summed E-state index contributed by atoms with van der Waals surface area (Å²) in [5.74, 6) is 1.43. The van der Waals surface area contributed by atoms with Crippen LogP contribution in [0.15, 0.2) is 29.8 Å². The molecule has 120 valence electrons. The predicted molar refractivity (Wildman–Crippen MR) is 84.2 cm³/mol. The van der Waals surface area contributed by atoms with E-state index in [0.717, 1.165) is 24.5 Å². The van der Waals surface area contributed by atoms with Gasteiger partial charge in [-0.3, -0.25) is 4.79 Å². The van der Waals surface area contributed by atoms with Crippen molar-refractivity contribution in [1.82, 2.24) is 10.3 Å². The Morgan fingerprint density at radius 1 is 1.32 bits per heavy atom. The van der Waals surface area contributed by atoms with E-state index < -0.39 is 0 Å². The van der Waals surface area contributed by atoms with Gasteiger partial charge in [0.1, 0.15) is 24.8 Å².